The van der Waals surface area contributed by atoms with Crippen molar-refractivity contribution in [1.29, 1.82) is 0 Å². The van der Waals surface area contributed by atoms with E-state index in [1.54, 1.807) is 6.26 Å². The number of piperidine rings is 1. The lowest BCUT2D eigenvalue weighted by Gasteiger charge is -2.31. The minimum atomic E-state index is 0.000267. The summed E-state index contributed by atoms with van der Waals surface area (Å²) < 4.78 is 7.32. The molecular weight excluding hydrogens is 352 g/mol. The van der Waals surface area contributed by atoms with E-state index in [-0.39, 0.29) is 11.9 Å². The van der Waals surface area contributed by atoms with Gasteiger partial charge in [-0.2, -0.15) is 5.10 Å². The standard InChI is InChI=1S/C22H26N4O2/c1-2-26-15-19(14-23-26)17-5-7-18(8-6-17)22(27)24-20-9-11-25(12-10-20)16-21-4-3-13-28-21/h3-8,13-15,20H,2,9-12,16H2,1H3,(H,24,27). The maximum absolute atomic E-state index is 12.6. The third-order valence-corrected chi connectivity index (χ3v) is 5.32. The monoisotopic (exact) mass is 378 g/mol. The van der Waals surface area contributed by atoms with Crippen molar-refractivity contribution in [3.8, 4) is 11.1 Å². The fraction of sp³-hybridized carbons (Fsp3) is 0.364. The summed E-state index contributed by atoms with van der Waals surface area (Å²) in [6.07, 6.45) is 7.51. The van der Waals surface area contributed by atoms with Crippen LogP contribution in [0.5, 0.6) is 0 Å². The molecule has 0 radical (unpaired) electrons. The molecular formula is C22H26N4O2. The van der Waals surface area contributed by atoms with Crippen molar-refractivity contribution < 1.29 is 9.21 Å². The van der Waals surface area contributed by atoms with Crippen LogP contribution in [0, 0.1) is 0 Å². The van der Waals surface area contributed by atoms with Crippen molar-refractivity contribution in [2.45, 2.75) is 38.9 Å². The molecule has 1 aliphatic heterocycles. The second kappa shape index (κ2) is 8.44. The van der Waals surface area contributed by atoms with E-state index in [4.69, 9.17) is 4.42 Å². The molecule has 0 bridgehead atoms. The maximum atomic E-state index is 12.6. The number of aromatic nitrogens is 2. The number of nitrogens with one attached hydrogen (secondary N) is 1. The summed E-state index contributed by atoms with van der Waals surface area (Å²) in [6.45, 7) is 5.67. The Morgan fingerprint density at radius 2 is 1.96 bits per heavy atom. The van der Waals surface area contributed by atoms with Crippen molar-refractivity contribution >= 4 is 5.91 Å². The van der Waals surface area contributed by atoms with Gasteiger partial charge in [-0.05, 0) is 49.6 Å². The van der Waals surface area contributed by atoms with Gasteiger partial charge in [0.15, 0.2) is 0 Å². The first-order valence-electron chi connectivity index (χ1n) is 9.90. The lowest BCUT2D eigenvalue weighted by atomic mass is 10.0. The first-order valence-corrected chi connectivity index (χ1v) is 9.90. The van der Waals surface area contributed by atoms with Crippen LogP contribution in [-0.2, 0) is 13.1 Å². The molecule has 6 nitrogen and oxygen atoms in total. The number of carbonyl (C=O) groups is 1. The van der Waals surface area contributed by atoms with E-state index < -0.39 is 0 Å². The van der Waals surface area contributed by atoms with E-state index >= 15 is 0 Å². The molecule has 1 N–H and O–H groups in total. The van der Waals surface area contributed by atoms with Crippen LogP contribution in [0.2, 0.25) is 0 Å². The predicted molar refractivity (Wildman–Crippen MR) is 108 cm³/mol. The molecule has 6 heteroatoms. The fourth-order valence-electron chi connectivity index (χ4n) is 3.63. The predicted octanol–water partition coefficient (Wildman–Crippen LogP) is 3.56. The van der Waals surface area contributed by atoms with Crippen LogP contribution in [0.1, 0.15) is 35.9 Å². The first-order chi connectivity index (χ1) is 13.7. The Balaban J connectivity index is 1.29. The normalized spacial score (nSPS) is 15.6. The molecule has 2 aromatic heterocycles. The summed E-state index contributed by atoms with van der Waals surface area (Å²) in [4.78, 5) is 15.0. The van der Waals surface area contributed by atoms with Gasteiger partial charge >= 0.3 is 0 Å². The molecule has 3 heterocycles. The van der Waals surface area contributed by atoms with Crippen LogP contribution < -0.4 is 5.32 Å². The Kier molecular flexibility index (Phi) is 5.58. The number of hydrogen-bond acceptors (Lipinski definition) is 4. The van der Waals surface area contributed by atoms with E-state index in [0.29, 0.717) is 5.56 Å². The number of aryl methyl sites for hydroxylation is 1. The fourth-order valence-corrected chi connectivity index (χ4v) is 3.63. The Hall–Kier alpha value is -2.86. The molecule has 1 amide bonds. The van der Waals surface area contributed by atoms with Gasteiger partial charge in [0, 0.05) is 43.0 Å². The number of amides is 1. The van der Waals surface area contributed by atoms with Crippen LogP contribution in [0.15, 0.2) is 59.5 Å². The van der Waals surface area contributed by atoms with Gasteiger partial charge in [0.05, 0.1) is 19.0 Å². The second-order valence-electron chi connectivity index (χ2n) is 7.27. The largest absolute Gasteiger partial charge is 0.468 e. The smallest absolute Gasteiger partial charge is 0.251 e. The highest BCUT2D eigenvalue weighted by Gasteiger charge is 2.21. The molecule has 1 saturated heterocycles. The van der Waals surface area contributed by atoms with Gasteiger partial charge in [-0.3, -0.25) is 14.4 Å². The SMILES string of the molecule is CCn1cc(-c2ccc(C(=O)NC3CCN(Cc4ccco4)CC3)cc2)cn1. The van der Waals surface area contributed by atoms with E-state index in [9.17, 15) is 4.79 Å². The van der Waals surface area contributed by atoms with Gasteiger partial charge in [-0.15, -0.1) is 0 Å². The summed E-state index contributed by atoms with van der Waals surface area (Å²) in [5, 5.41) is 7.48. The van der Waals surface area contributed by atoms with Crippen molar-refractivity contribution in [3.63, 3.8) is 0 Å². The Morgan fingerprint density at radius 1 is 1.18 bits per heavy atom. The van der Waals surface area contributed by atoms with Crippen molar-refractivity contribution in [1.82, 2.24) is 20.0 Å². The highest BCUT2D eigenvalue weighted by atomic mass is 16.3. The molecule has 28 heavy (non-hydrogen) atoms. The molecule has 3 aromatic rings. The third kappa shape index (κ3) is 4.34. The zero-order valence-corrected chi connectivity index (χ0v) is 16.2. The number of furan rings is 1. The van der Waals surface area contributed by atoms with E-state index in [0.717, 1.165) is 55.9 Å². The van der Waals surface area contributed by atoms with Crippen LogP contribution in [-0.4, -0.2) is 39.7 Å². The van der Waals surface area contributed by atoms with Gasteiger partial charge in [0.25, 0.3) is 5.91 Å². The molecule has 0 saturated carbocycles. The first kappa shape index (κ1) is 18.5. The van der Waals surface area contributed by atoms with E-state index in [2.05, 4.69) is 22.2 Å². The Morgan fingerprint density at radius 3 is 2.61 bits per heavy atom. The number of nitrogens with zero attached hydrogens (tertiary/aromatic N) is 3. The third-order valence-electron chi connectivity index (χ3n) is 5.32. The lowest BCUT2D eigenvalue weighted by molar-refractivity contribution is 0.0906. The molecule has 0 spiro atoms. The molecule has 1 aromatic carbocycles. The number of benzene rings is 1. The second-order valence-corrected chi connectivity index (χ2v) is 7.27. The van der Waals surface area contributed by atoms with Crippen LogP contribution in [0.3, 0.4) is 0 Å². The highest BCUT2D eigenvalue weighted by Crippen LogP contribution is 2.20. The summed E-state index contributed by atoms with van der Waals surface area (Å²) in [5.41, 5.74) is 2.84. The molecule has 1 aliphatic rings. The molecule has 146 valence electrons. The van der Waals surface area contributed by atoms with E-state index in [1.807, 2.05) is 53.5 Å². The average molecular weight is 378 g/mol. The zero-order chi connectivity index (χ0) is 19.3. The van der Waals surface area contributed by atoms with Crippen molar-refractivity contribution in [2.24, 2.45) is 0 Å². The van der Waals surface area contributed by atoms with Crippen LogP contribution >= 0.6 is 0 Å². The topological polar surface area (TPSA) is 63.3 Å². The summed E-state index contributed by atoms with van der Waals surface area (Å²) in [5.74, 6) is 0.993. The van der Waals surface area contributed by atoms with Gasteiger partial charge in [0.1, 0.15) is 5.76 Å². The van der Waals surface area contributed by atoms with Crippen LogP contribution in [0.25, 0.3) is 11.1 Å². The molecule has 1 fully saturated rings. The summed E-state index contributed by atoms with van der Waals surface area (Å²) >= 11 is 0. The van der Waals surface area contributed by atoms with Gasteiger partial charge < -0.3 is 9.73 Å². The Bertz CT molecular complexity index is 891. The van der Waals surface area contributed by atoms with Gasteiger partial charge in [-0.1, -0.05) is 12.1 Å². The number of carbonyl (C=O) groups excluding carboxylic acids is 1. The maximum Gasteiger partial charge on any atom is 0.251 e. The van der Waals surface area contributed by atoms with Crippen LogP contribution in [0.4, 0.5) is 0 Å². The van der Waals surface area contributed by atoms with Gasteiger partial charge in [-0.25, -0.2) is 0 Å². The minimum Gasteiger partial charge on any atom is -0.468 e. The van der Waals surface area contributed by atoms with E-state index in [1.165, 1.54) is 0 Å². The molecule has 0 atom stereocenters. The number of hydrogen-bond donors (Lipinski definition) is 1. The number of likely N-dealkylation sites (tertiary alicyclic amines) is 1. The number of rotatable bonds is 6. The van der Waals surface area contributed by atoms with Gasteiger partial charge in [0.2, 0.25) is 0 Å². The molecule has 4 rings (SSSR count). The quantitative estimate of drug-likeness (QED) is 0.712. The molecule has 0 unspecified atom stereocenters. The van der Waals surface area contributed by atoms with Crippen molar-refractivity contribution in [3.05, 3.63) is 66.4 Å². The molecule has 0 aliphatic carbocycles. The summed E-state index contributed by atoms with van der Waals surface area (Å²) in [6, 6.07) is 11.9. The average Bonchev–Trinajstić information content (AvgIpc) is 3.41. The van der Waals surface area contributed by atoms with Crippen molar-refractivity contribution in [2.75, 3.05) is 13.1 Å². The summed E-state index contributed by atoms with van der Waals surface area (Å²) in [7, 11) is 0. The minimum absolute atomic E-state index is 0.000267. The zero-order valence-electron chi connectivity index (χ0n) is 16.2. The highest BCUT2D eigenvalue weighted by molar-refractivity contribution is 5.94. The Labute approximate surface area is 165 Å². The lowest BCUT2D eigenvalue weighted by Crippen LogP contribution is -2.44.